The third-order valence-electron chi connectivity index (χ3n) is 3.66. The Balaban J connectivity index is 2.20. The van der Waals surface area contributed by atoms with Gasteiger partial charge in [0, 0.05) is 16.7 Å². The number of methoxy groups -OCH3 is 1. The Labute approximate surface area is 157 Å². The van der Waals surface area contributed by atoms with Gasteiger partial charge in [-0.25, -0.2) is 4.79 Å². The van der Waals surface area contributed by atoms with E-state index >= 15 is 0 Å². The number of hydrogen-bond donors (Lipinski definition) is 0. The zero-order chi connectivity index (χ0) is 19.6. The van der Waals surface area contributed by atoms with Crippen molar-refractivity contribution in [3.63, 3.8) is 0 Å². The van der Waals surface area contributed by atoms with E-state index in [4.69, 9.17) is 19.7 Å². The molecule has 0 aliphatic carbocycles. The van der Waals surface area contributed by atoms with Crippen LogP contribution in [0, 0.1) is 11.3 Å². The number of oxime groups is 2. The maximum Gasteiger partial charge on any atom is 0.360 e. The van der Waals surface area contributed by atoms with Crippen LogP contribution in [0.1, 0.15) is 29.2 Å². The van der Waals surface area contributed by atoms with E-state index in [0.717, 1.165) is 5.56 Å². The molecule has 7 heteroatoms. The van der Waals surface area contributed by atoms with Gasteiger partial charge < -0.3 is 14.4 Å². The molecule has 0 spiro atoms. The molecule has 0 amide bonds. The standard InChI is InChI=1S/C20H19N3O4/c1-14(16-9-6-7-15(11-16)12-21)22-27-13-17-8-4-5-10-18(17)19(23-26-3)20(24)25-2/h4-11H,13H2,1-3H3/b22-14+,23-19+. The summed E-state index contributed by atoms with van der Waals surface area (Å²) in [5.41, 5.74) is 3.24. The number of carbonyl (C=O) groups excluding carboxylic acids is 1. The van der Waals surface area contributed by atoms with Gasteiger partial charge in [0.05, 0.1) is 24.5 Å². The molecule has 2 rings (SSSR count). The van der Waals surface area contributed by atoms with Crippen molar-refractivity contribution < 1.29 is 19.2 Å². The highest BCUT2D eigenvalue weighted by Crippen LogP contribution is 2.14. The number of ether oxygens (including phenoxy) is 1. The van der Waals surface area contributed by atoms with Gasteiger partial charge in [0.15, 0.2) is 5.71 Å². The molecule has 7 nitrogen and oxygen atoms in total. The van der Waals surface area contributed by atoms with Crippen molar-refractivity contribution in [1.29, 1.82) is 5.26 Å². The van der Waals surface area contributed by atoms with Crippen molar-refractivity contribution in [3.05, 3.63) is 70.8 Å². The molecule has 0 heterocycles. The van der Waals surface area contributed by atoms with E-state index in [1.807, 2.05) is 12.1 Å². The van der Waals surface area contributed by atoms with Crippen LogP contribution in [0.5, 0.6) is 0 Å². The zero-order valence-electron chi connectivity index (χ0n) is 15.3. The Kier molecular flexibility index (Phi) is 7.08. The second-order valence-corrected chi connectivity index (χ2v) is 5.41. The van der Waals surface area contributed by atoms with Crippen molar-refractivity contribution in [2.75, 3.05) is 14.2 Å². The van der Waals surface area contributed by atoms with Gasteiger partial charge in [0.1, 0.15) is 13.7 Å². The molecule has 0 unspecified atom stereocenters. The summed E-state index contributed by atoms with van der Waals surface area (Å²) in [6, 6.07) is 16.3. The summed E-state index contributed by atoms with van der Waals surface area (Å²) in [4.78, 5) is 22.2. The van der Waals surface area contributed by atoms with Gasteiger partial charge in [0.25, 0.3) is 0 Å². The lowest BCUT2D eigenvalue weighted by atomic mass is 10.0. The van der Waals surface area contributed by atoms with Crippen LogP contribution in [0.3, 0.4) is 0 Å². The third kappa shape index (κ3) is 5.16. The van der Waals surface area contributed by atoms with Gasteiger partial charge in [-0.1, -0.05) is 46.7 Å². The van der Waals surface area contributed by atoms with E-state index in [0.29, 0.717) is 22.4 Å². The van der Waals surface area contributed by atoms with Gasteiger partial charge >= 0.3 is 5.97 Å². The van der Waals surface area contributed by atoms with Crippen LogP contribution in [0.2, 0.25) is 0 Å². The Bertz CT molecular complexity index is 913. The fraction of sp³-hybridized carbons (Fsp3) is 0.200. The van der Waals surface area contributed by atoms with Crippen LogP contribution in [-0.4, -0.2) is 31.6 Å². The lowest BCUT2D eigenvalue weighted by molar-refractivity contribution is -0.132. The Morgan fingerprint density at radius 3 is 2.59 bits per heavy atom. The summed E-state index contributed by atoms with van der Waals surface area (Å²) in [5, 5.41) is 16.8. The summed E-state index contributed by atoms with van der Waals surface area (Å²) in [7, 11) is 2.63. The van der Waals surface area contributed by atoms with Crippen LogP contribution < -0.4 is 0 Å². The number of hydrogen-bond acceptors (Lipinski definition) is 7. The molecule has 0 saturated carbocycles. The Morgan fingerprint density at radius 2 is 1.89 bits per heavy atom. The van der Waals surface area contributed by atoms with Gasteiger partial charge in [-0.15, -0.1) is 0 Å². The number of carbonyl (C=O) groups is 1. The van der Waals surface area contributed by atoms with Crippen LogP contribution >= 0.6 is 0 Å². The minimum absolute atomic E-state index is 0.0432. The normalized spacial score (nSPS) is 11.5. The first-order chi connectivity index (χ1) is 13.1. The molecular formula is C20H19N3O4. The molecule has 2 aromatic carbocycles. The number of nitrogens with zero attached hydrogens (tertiary/aromatic N) is 3. The topological polar surface area (TPSA) is 93.3 Å². The number of benzene rings is 2. The smallest absolute Gasteiger partial charge is 0.360 e. The zero-order valence-corrected chi connectivity index (χ0v) is 15.3. The molecule has 0 saturated heterocycles. The van der Waals surface area contributed by atoms with E-state index < -0.39 is 5.97 Å². The largest absolute Gasteiger partial charge is 0.464 e. The highest BCUT2D eigenvalue weighted by Gasteiger charge is 2.19. The monoisotopic (exact) mass is 365 g/mol. The van der Waals surface area contributed by atoms with E-state index in [-0.39, 0.29) is 12.3 Å². The van der Waals surface area contributed by atoms with Crippen molar-refractivity contribution in [2.45, 2.75) is 13.5 Å². The minimum atomic E-state index is -0.614. The molecule has 2 aromatic rings. The second kappa shape index (κ2) is 9.73. The van der Waals surface area contributed by atoms with Crippen molar-refractivity contribution >= 4 is 17.4 Å². The highest BCUT2D eigenvalue weighted by atomic mass is 16.6. The summed E-state index contributed by atoms with van der Waals surface area (Å²) >= 11 is 0. The molecule has 0 bridgehead atoms. The molecule has 0 N–H and O–H groups in total. The van der Waals surface area contributed by atoms with E-state index in [1.54, 1.807) is 43.3 Å². The summed E-state index contributed by atoms with van der Waals surface area (Å²) in [6.07, 6.45) is 0. The first-order valence-corrected chi connectivity index (χ1v) is 8.05. The van der Waals surface area contributed by atoms with Crippen LogP contribution in [0.4, 0.5) is 0 Å². The quantitative estimate of drug-likeness (QED) is 0.427. The second-order valence-electron chi connectivity index (χ2n) is 5.41. The van der Waals surface area contributed by atoms with Gasteiger partial charge in [-0.3, -0.25) is 0 Å². The molecule has 27 heavy (non-hydrogen) atoms. The third-order valence-corrected chi connectivity index (χ3v) is 3.66. The maximum atomic E-state index is 12.0. The van der Waals surface area contributed by atoms with Crippen LogP contribution in [0.15, 0.2) is 58.8 Å². The average Bonchev–Trinajstić information content (AvgIpc) is 2.72. The SMILES string of the molecule is CO/N=C(/C(=O)OC)c1ccccc1CO/N=C(\C)c1cccc(C#N)c1. The lowest BCUT2D eigenvalue weighted by Gasteiger charge is -2.10. The van der Waals surface area contributed by atoms with Crippen molar-refractivity contribution in [2.24, 2.45) is 10.3 Å². The van der Waals surface area contributed by atoms with Crippen molar-refractivity contribution in [3.8, 4) is 6.07 Å². The van der Waals surface area contributed by atoms with Gasteiger partial charge in [-0.05, 0) is 19.1 Å². The first kappa shape index (κ1) is 19.7. The summed E-state index contributed by atoms with van der Waals surface area (Å²) < 4.78 is 4.75. The molecule has 0 fully saturated rings. The molecule has 0 atom stereocenters. The fourth-order valence-electron chi connectivity index (χ4n) is 2.33. The maximum absolute atomic E-state index is 12.0. The fourth-order valence-corrected chi connectivity index (χ4v) is 2.33. The molecule has 0 radical (unpaired) electrons. The summed E-state index contributed by atoms with van der Waals surface area (Å²) in [6.45, 7) is 1.90. The van der Waals surface area contributed by atoms with Crippen molar-refractivity contribution in [1.82, 2.24) is 0 Å². The number of esters is 1. The Morgan fingerprint density at radius 1 is 1.11 bits per heavy atom. The number of rotatable bonds is 7. The van der Waals surface area contributed by atoms with Crippen LogP contribution in [0.25, 0.3) is 0 Å². The Hall–Kier alpha value is -3.66. The molecule has 0 aromatic heterocycles. The van der Waals surface area contributed by atoms with Gasteiger partial charge in [0.2, 0.25) is 0 Å². The average molecular weight is 365 g/mol. The van der Waals surface area contributed by atoms with Gasteiger partial charge in [-0.2, -0.15) is 5.26 Å². The van der Waals surface area contributed by atoms with E-state index in [1.165, 1.54) is 14.2 Å². The highest BCUT2D eigenvalue weighted by molar-refractivity contribution is 6.43. The molecule has 0 aliphatic rings. The minimum Gasteiger partial charge on any atom is -0.464 e. The summed E-state index contributed by atoms with van der Waals surface area (Å²) in [5.74, 6) is -0.614. The van der Waals surface area contributed by atoms with E-state index in [2.05, 4.69) is 16.4 Å². The predicted octanol–water partition coefficient (Wildman–Crippen LogP) is 3.02. The lowest BCUT2D eigenvalue weighted by Crippen LogP contribution is -2.19. The van der Waals surface area contributed by atoms with Crippen LogP contribution in [-0.2, 0) is 25.8 Å². The molecular weight excluding hydrogens is 346 g/mol. The van der Waals surface area contributed by atoms with E-state index in [9.17, 15) is 4.79 Å². The predicted molar refractivity (Wildman–Crippen MR) is 100 cm³/mol. The number of nitriles is 1. The molecule has 138 valence electrons. The first-order valence-electron chi connectivity index (χ1n) is 8.05. The molecule has 0 aliphatic heterocycles.